The van der Waals surface area contributed by atoms with Crippen LogP contribution >= 0.6 is 0 Å². The summed E-state index contributed by atoms with van der Waals surface area (Å²) in [7, 11) is 0. The molecule has 4 heteroatoms. The highest BCUT2D eigenvalue weighted by atomic mass is 15.2. The van der Waals surface area contributed by atoms with Crippen LogP contribution in [0.15, 0.2) is 54.9 Å². The highest BCUT2D eigenvalue weighted by Gasteiger charge is 2.21. The lowest BCUT2D eigenvalue weighted by atomic mass is 10.1. The Hall–Kier alpha value is -2.88. The molecule has 0 bridgehead atoms. The molecule has 0 aliphatic carbocycles. The molecule has 1 N–H and O–H groups in total. The van der Waals surface area contributed by atoms with Crippen molar-refractivity contribution < 1.29 is 0 Å². The van der Waals surface area contributed by atoms with Gasteiger partial charge in [0.15, 0.2) is 0 Å². The minimum Gasteiger partial charge on any atom is -0.340 e. The molecule has 4 nitrogen and oxygen atoms in total. The molecule has 1 aliphatic rings. The van der Waals surface area contributed by atoms with Gasteiger partial charge < -0.3 is 10.2 Å². The van der Waals surface area contributed by atoms with Crippen LogP contribution in [0.1, 0.15) is 16.7 Å². The second-order valence-electron chi connectivity index (χ2n) is 6.29. The average Bonchev–Trinajstić information content (AvgIpc) is 2.98. The van der Waals surface area contributed by atoms with Gasteiger partial charge in [0, 0.05) is 24.0 Å². The number of nitrogens with one attached hydrogen (secondary N) is 1. The van der Waals surface area contributed by atoms with E-state index in [9.17, 15) is 0 Å². The second-order valence-corrected chi connectivity index (χ2v) is 6.29. The topological polar surface area (TPSA) is 41.0 Å². The standard InChI is InChI=1S/C20H20N4/c1-14-9-15(2)11-17(10-14)23-19-12-20(22-13-21-19)24-8-7-16-5-3-4-6-18(16)24/h3-6,9-13H,7-8H2,1-2H3,(H,21,22,23). The van der Waals surface area contributed by atoms with Crippen LogP contribution in [0.5, 0.6) is 0 Å². The molecule has 0 atom stereocenters. The molecule has 0 saturated carbocycles. The zero-order valence-corrected chi connectivity index (χ0v) is 14.0. The molecule has 24 heavy (non-hydrogen) atoms. The van der Waals surface area contributed by atoms with E-state index in [4.69, 9.17) is 0 Å². The van der Waals surface area contributed by atoms with Crippen molar-refractivity contribution >= 4 is 23.0 Å². The van der Waals surface area contributed by atoms with Crippen LogP contribution in [0.3, 0.4) is 0 Å². The Morgan fingerprint density at radius 3 is 2.58 bits per heavy atom. The molecule has 1 aromatic heterocycles. The summed E-state index contributed by atoms with van der Waals surface area (Å²) in [6.07, 6.45) is 2.68. The summed E-state index contributed by atoms with van der Waals surface area (Å²) < 4.78 is 0. The highest BCUT2D eigenvalue weighted by Crippen LogP contribution is 2.33. The number of fused-ring (bicyclic) bond motifs is 1. The zero-order chi connectivity index (χ0) is 16.5. The van der Waals surface area contributed by atoms with Gasteiger partial charge >= 0.3 is 0 Å². The van der Waals surface area contributed by atoms with E-state index in [0.29, 0.717) is 0 Å². The van der Waals surface area contributed by atoms with E-state index in [2.05, 4.69) is 76.5 Å². The molecule has 0 fully saturated rings. The second kappa shape index (κ2) is 5.96. The molecule has 120 valence electrons. The summed E-state index contributed by atoms with van der Waals surface area (Å²) in [5, 5.41) is 3.40. The third kappa shape index (κ3) is 2.83. The Kier molecular flexibility index (Phi) is 3.65. The van der Waals surface area contributed by atoms with Gasteiger partial charge in [0.2, 0.25) is 0 Å². The van der Waals surface area contributed by atoms with E-state index < -0.39 is 0 Å². The van der Waals surface area contributed by atoms with E-state index in [1.54, 1.807) is 6.33 Å². The fraction of sp³-hybridized carbons (Fsp3) is 0.200. The summed E-state index contributed by atoms with van der Waals surface area (Å²) in [6.45, 7) is 5.16. The molecule has 1 aliphatic heterocycles. The number of anilines is 4. The monoisotopic (exact) mass is 316 g/mol. The predicted molar refractivity (Wildman–Crippen MR) is 98.4 cm³/mol. The molecule has 2 aromatic carbocycles. The Balaban J connectivity index is 1.63. The largest absolute Gasteiger partial charge is 0.340 e. The van der Waals surface area contributed by atoms with Crippen molar-refractivity contribution in [2.24, 2.45) is 0 Å². The average molecular weight is 316 g/mol. The Morgan fingerprint density at radius 1 is 0.958 bits per heavy atom. The van der Waals surface area contributed by atoms with E-state index in [-0.39, 0.29) is 0 Å². The molecule has 0 saturated heterocycles. The van der Waals surface area contributed by atoms with Crippen LogP contribution < -0.4 is 10.2 Å². The van der Waals surface area contributed by atoms with Gasteiger partial charge in [0.1, 0.15) is 18.0 Å². The van der Waals surface area contributed by atoms with Crippen LogP contribution in [0.2, 0.25) is 0 Å². The number of nitrogens with zero attached hydrogens (tertiary/aromatic N) is 3. The van der Waals surface area contributed by atoms with Crippen molar-refractivity contribution in [3.05, 3.63) is 71.5 Å². The molecule has 0 amide bonds. The van der Waals surface area contributed by atoms with Gasteiger partial charge in [0.05, 0.1) is 0 Å². The normalized spacial score (nSPS) is 13.0. The first-order chi connectivity index (χ1) is 11.7. The third-order valence-electron chi connectivity index (χ3n) is 4.31. The van der Waals surface area contributed by atoms with Crippen molar-refractivity contribution in [1.82, 2.24) is 9.97 Å². The summed E-state index contributed by atoms with van der Waals surface area (Å²) in [4.78, 5) is 11.1. The van der Waals surface area contributed by atoms with Gasteiger partial charge in [0.25, 0.3) is 0 Å². The Morgan fingerprint density at radius 2 is 1.75 bits per heavy atom. The van der Waals surface area contributed by atoms with E-state index in [1.807, 2.05) is 6.07 Å². The minimum absolute atomic E-state index is 0.814. The number of benzene rings is 2. The summed E-state index contributed by atoms with van der Waals surface area (Å²) in [5.41, 5.74) is 6.15. The molecule has 2 heterocycles. The van der Waals surface area contributed by atoms with Crippen LogP contribution in [0.25, 0.3) is 0 Å². The van der Waals surface area contributed by atoms with Gasteiger partial charge in [-0.05, 0) is 55.2 Å². The van der Waals surface area contributed by atoms with E-state index in [1.165, 1.54) is 22.4 Å². The fourth-order valence-electron chi connectivity index (χ4n) is 3.33. The van der Waals surface area contributed by atoms with Crippen molar-refractivity contribution in [2.75, 3.05) is 16.8 Å². The zero-order valence-electron chi connectivity index (χ0n) is 14.0. The van der Waals surface area contributed by atoms with Crippen molar-refractivity contribution in [3.63, 3.8) is 0 Å². The number of para-hydroxylation sites is 1. The number of aromatic nitrogens is 2. The van der Waals surface area contributed by atoms with Crippen LogP contribution in [-0.4, -0.2) is 16.5 Å². The fourth-order valence-corrected chi connectivity index (χ4v) is 3.33. The first-order valence-corrected chi connectivity index (χ1v) is 8.22. The number of hydrogen-bond donors (Lipinski definition) is 1. The molecular formula is C20H20N4. The van der Waals surface area contributed by atoms with Crippen LogP contribution in [0.4, 0.5) is 23.0 Å². The van der Waals surface area contributed by atoms with Crippen molar-refractivity contribution in [1.29, 1.82) is 0 Å². The summed E-state index contributed by atoms with van der Waals surface area (Å²) in [5.74, 6) is 1.75. The lowest BCUT2D eigenvalue weighted by Gasteiger charge is -2.19. The van der Waals surface area contributed by atoms with Crippen molar-refractivity contribution in [2.45, 2.75) is 20.3 Å². The number of hydrogen-bond acceptors (Lipinski definition) is 4. The first kappa shape index (κ1) is 14.7. The molecular weight excluding hydrogens is 296 g/mol. The lowest BCUT2D eigenvalue weighted by Crippen LogP contribution is -2.15. The maximum absolute atomic E-state index is 4.47. The molecule has 4 rings (SSSR count). The van der Waals surface area contributed by atoms with E-state index in [0.717, 1.165) is 30.3 Å². The van der Waals surface area contributed by atoms with Crippen molar-refractivity contribution in [3.8, 4) is 0 Å². The Bertz CT molecular complexity index is 868. The molecule has 0 unspecified atom stereocenters. The maximum atomic E-state index is 4.47. The number of rotatable bonds is 3. The molecule has 3 aromatic rings. The van der Waals surface area contributed by atoms with Gasteiger partial charge in [-0.2, -0.15) is 0 Å². The van der Waals surface area contributed by atoms with Gasteiger partial charge in [-0.3, -0.25) is 0 Å². The SMILES string of the molecule is Cc1cc(C)cc(Nc2cc(N3CCc4ccccc43)ncn2)c1. The summed E-state index contributed by atoms with van der Waals surface area (Å²) >= 11 is 0. The smallest absolute Gasteiger partial charge is 0.138 e. The quantitative estimate of drug-likeness (QED) is 0.770. The van der Waals surface area contributed by atoms with E-state index >= 15 is 0 Å². The van der Waals surface area contributed by atoms with Crippen LogP contribution in [-0.2, 0) is 6.42 Å². The van der Waals surface area contributed by atoms with Gasteiger partial charge in [-0.1, -0.05) is 24.3 Å². The maximum Gasteiger partial charge on any atom is 0.138 e. The number of aryl methyl sites for hydroxylation is 2. The molecule has 0 radical (unpaired) electrons. The third-order valence-corrected chi connectivity index (χ3v) is 4.31. The van der Waals surface area contributed by atoms with Gasteiger partial charge in [-0.15, -0.1) is 0 Å². The predicted octanol–water partition coefficient (Wildman–Crippen LogP) is 4.53. The minimum atomic E-state index is 0.814. The Labute approximate surface area is 142 Å². The van der Waals surface area contributed by atoms with Gasteiger partial charge in [-0.25, -0.2) is 9.97 Å². The summed E-state index contributed by atoms with van der Waals surface area (Å²) in [6, 6.07) is 16.9. The molecule has 0 spiro atoms. The van der Waals surface area contributed by atoms with Crippen LogP contribution in [0, 0.1) is 13.8 Å². The highest BCUT2D eigenvalue weighted by molar-refractivity contribution is 5.70. The lowest BCUT2D eigenvalue weighted by molar-refractivity contribution is 0.965. The first-order valence-electron chi connectivity index (χ1n) is 8.22.